The number of anilines is 2. The highest BCUT2D eigenvalue weighted by Gasteiger charge is 2.11. The summed E-state index contributed by atoms with van der Waals surface area (Å²) in [5.74, 6) is 0.606. The Hall–Kier alpha value is -1.55. The molecule has 4 nitrogen and oxygen atoms in total. The summed E-state index contributed by atoms with van der Waals surface area (Å²) in [5.41, 5.74) is 6.15. The first-order chi connectivity index (χ1) is 7.20. The molecule has 0 aromatic carbocycles. The van der Waals surface area contributed by atoms with Gasteiger partial charge in [0.05, 0.1) is 0 Å². The second-order valence-electron chi connectivity index (χ2n) is 2.88. The Balaban J connectivity index is 3.04. The molecule has 0 radical (unpaired) electrons. The Morgan fingerprint density at radius 2 is 1.93 bits per heavy atom. The van der Waals surface area contributed by atoms with Gasteiger partial charge in [-0.2, -0.15) is 0 Å². The minimum Gasteiger partial charge on any atom is -0.393 e. The van der Waals surface area contributed by atoms with Crippen molar-refractivity contribution in [3.05, 3.63) is 36.8 Å². The average Bonchev–Trinajstić information content (AvgIpc) is 2.22. The van der Waals surface area contributed by atoms with Crippen LogP contribution in [0.2, 0.25) is 5.15 Å². The fourth-order valence-corrected chi connectivity index (χ4v) is 1.30. The molecule has 1 aromatic heterocycles. The van der Waals surface area contributed by atoms with Crippen LogP contribution in [0, 0.1) is 0 Å². The predicted molar refractivity (Wildman–Crippen MR) is 64.1 cm³/mol. The maximum atomic E-state index is 5.80. The number of rotatable bonds is 5. The number of nitrogens with two attached hydrogens (primary N) is 1. The molecule has 0 saturated carbocycles. The van der Waals surface area contributed by atoms with Crippen LogP contribution in [0.1, 0.15) is 0 Å². The van der Waals surface area contributed by atoms with Crippen LogP contribution in [-0.2, 0) is 0 Å². The molecule has 5 heteroatoms. The van der Waals surface area contributed by atoms with E-state index in [4.69, 9.17) is 17.3 Å². The molecule has 0 aliphatic rings. The fourth-order valence-electron chi connectivity index (χ4n) is 1.18. The van der Waals surface area contributed by atoms with Crippen molar-refractivity contribution in [2.24, 2.45) is 0 Å². The largest absolute Gasteiger partial charge is 0.393 e. The third-order valence-electron chi connectivity index (χ3n) is 1.81. The highest BCUT2D eigenvalue weighted by molar-refractivity contribution is 6.32. The molecule has 1 aromatic rings. The lowest BCUT2D eigenvalue weighted by Gasteiger charge is -2.21. The Morgan fingerprint density at radius 3 is 2.47 bits per heavy atom. The van der Waals surface area contributed by atoms with Crippen LogP contribution in [-0.4, -0.2) is 23.1 Å². The summed E-state index contributed by atoms with van der Waals surface area (Å²) in [6, 6.07) is 0. The van der Waals surface area contributed by atoms with Gasteiger partial charge in [0.2, 0.25) is 0 Å². The molecule has 2 N–H and O–H groups in total. The first-order valence-electron chi connectivity index (χ1n) is 4.43. The lowest BCUT2D eigenvalue weighted by molar-refractivity contribution is 0.920. The van der Waals surface area contributed by atoms with Gasteiger partial charge in [0.1, 0.15) is 12.0 Å². The van der Waals surface area contributed by atoms with Gasteiger partial charge < -0.3 is 10.6 Å². The Bertz CT molecular complexity index is 354. The summed E-state index contributed by atoms with van der Waals surface area (Å²) in [6.45, 7) is 8.59. The van der Waals surface area contributed by atoms with Crippen molar-refractivity contribution in [3.63, 3.8) is 0 Å². The first kappa shape index (κ1) is 11.5. The molecular weight excluding hydrogens is 212 g/mol. The standard InChI is InChI=1S/C10H13ClN4/c1-3-5-15(6-4-2)10-8(12)9(11)13-7-14-10/h3-4,7H,1-2,5-6,12H2. The highest BCUT2D eigenvalue weighted by Crippen LogP contribution is 2.25. The van der Waals surface area contributed by atoms with Gasteiger partial charge in [0.15, 0.2) is 11.0 Å². The van der Waals surface area contributed by atoms with Crippen molar-refractivity contribution in [2.45, 2.75) is 0 Å². The van der Waals surface area contributed by atoms with E-state index in [0.717, 1.165) is 0 Å². The lowest BCUT2D eigenvalue weighted by atomic mass is 10.4. The van der Waals surface area contributed by atoms with E-state index in [1.165, 1.54) is 6.33 Å². The lowest BCUT2D eigenvalue weighted by Crippen LogP contribution is -2.25. The van der Waals surface area contributed by atoms with Gasteiger partial charge in [-0.25, -0.2) is 9.97 Å². The van der Waals surface area contributed by atoms with E-state index in [9.17, 15) is 0 Å². The monoisotopic (exact) mass is 224 g/mol. The summed E-state index contributed by atoms with van der Waals surface area (Å²) in [6.07, 6.45) is 4.91. The van der Waals surface area contributed by atoms with Gasteiger partial charge in [-0.05, 0) is 0 Å². The average molecular weight is 225 g/mol. The third kappa shape index (κ3) is 2.70. The van der Waals surface area contributed by atoms with Gasteiger partial charge in [0, 0.05) is 13.1 Å². The zero-order valence-electron chi connectivity index (χ0n) is 8.36. The van der Waals surface area contributed by atoms with Gasteiger partial charge in [-0.3, -0.25) is 0 Å². The Morgan fingerprint density at radius 1 is 1.33 bits per heavy atom. The number of hydrogen-bond donors (Lipinski definition) is 1. The molecule has 0 bridgehead atoms. The SMILES string of the molecule is C=CCN(CC=C)c1ncnc(Cl)c1N. The molecule has 0 aliphatic carbocycles. The van der Waals surface area contributed by atoms with Crippen LogP contribution < -0.4 is 10.6 Å². The van der Waals surface area contributed by atoms with Crippen LogP contribution in [0.4, 0.5) is 11.5 Å². The van der Waals surface area contributed by atoms with Crippen molar-refractivity contribution in [1.29, 1.82) is 0 Å². The van der Waals surface area contributed by atoms with Gasteiger partial charge in [-0.1, -0.05) is 23.8 Å². The van der Waals surface area contributed by atoms with E-state index in [2.05, 4.69) is 23.1 Å². The molecule has 0 aliphatic heterocycles. The zero-order chi connectivity index (χ0) is 11.3. The van der Waals surface area contributed by atoms with Crippen molar-refractivity contribution in [3.8, 4) is 0 Å². The summed E-state index contributed by atoms with van der Waals surface area (Å²) < 4.78 is 0. The van der Waals surface area contributed by atoms with Gasteiger partial charge >= 0.3 is 0 Å². The van der Waals surface area contributed by atoms with Gasteiger partial charge in [0.25, 0.3) is 0 Å². The van der Waals surface area contributed by atoms with Crippen LogP contribution in [0.5, 0.6) is 0 Å². The van der Waals surface area contributed by atoms with Crippen molar-refractivity contribution in [1.82, 2.24) is 9.97 Å². The summed E-state index contributed by atoms with van der Waals surface area (Å²) in [4.78, 5) is 9.79. The number of aromatic nitrogens is 2. The zero-order valence-corrected chi connectivity index (χ0v) is 9.11. The third-order valence-corrected chi connectivity index (χ3v) is 2.11. The van der Waals surface area contributed by atoms with E-state index in [0.29, 0.717) is 24.6 Å². The molecule has 0 unspecified atom stereocenters. The summed E-state index contributed by atoms with van der Waals surface area (Å²) in [5, 5.41) is 0.262. The van der Waals surface area contributed by atoms with Gasteiger partial charge in [-0.15, -0.1) is 13.2 Å². The summed E-state index contributed by atoms with van der Waals surface area (Å²) in [7, 11) is 0. The topological polar surface area (TPSA) is 55.0 Å². The minimum atomic E-state index is 0.262. The summed E-state index contributed by atoms with van der Waals surface area (Å²) >= 11 is 5.80. The van der Waals surface area contributed by atoms with Crippen molar-refractivity contribution in [2.75, 3.05) is 23.7 Å². The molecule has 0 atom stereocenters. The molecule has 0 fully saturated rings. The van der Waals surface area contributed by atoms with E-state index in [1.54, 1.807) is 12.2 Å². The maximum Gasteiger partial charge on any atom is 0.157 e. The van der Waals surface area contributed by atoms with Crippen molar-refractivity contribution >= 4 is 23.1 Å². The normalized spacial score (nSPS) is 9.67. The van der Waals surface area contributed by atoms with E-state index in [1.807, 2.05) is 4.90 Å². The number of nitrogens with zero attached hydrogens (tertiary/aromatic N) is 3. The van der Waals surface area contributed by atoms with Crippen LogP contribution in [0.3, 0.4) is 0 Å². The Labute approximate surface area is 94.1 Å². The van der Waals surface area contributed by atoms with Crippen LogP contribution in [0.25, 0.3) is 0 Å². The molecule has 1 heterocycles. The molecule has 0 amide bonds. The second-order valence-corrected chi connectivity index (χ2v) is 3.24. The first-order valence-corrected chi connectivity index (χ1v) is 4.81. The quantitative estimate of drug-likeness (QED) is 0.613. The molecule has 0 saturated heterocycles. The van der Waals surface area contributed by atoms with Crippen LogP contribution in [0.15, 0.2) is 31.6 Å². The molecule has 80 valence electrons. The smallest absolute Gasteiger partial charge is 0.157 e. The van der Waals surface area contributed by atoms with E-state index in [-0.39, 0.29) is 5.15 Å². The van der Waals surface area contributed by atoms with E-state index < -0.39 is 0 Å². The predicted octanol–water partition coefficient (Wildman–Crippen LogP) is 1.89. The maximum absolute atomic E-state index is 5.80. The van der Waals surface area contributed by atoms with E-state index >= 15 is 0 Å². The fraction of sp³-hybridized carbons (Fsp3) is 0.200. The number of halogens is 1. The number of nitrogen functional groups attached to an aromatic ring is 1. The molecule has 1 rings (SSSR count). The Kier molecular flexibility index (Phi) is 4.12. The number of hydrogen-bond acceptors (Lipinski definition) is 4. The van der Waals surface area contributed by atoms with Crippen molar-refractivity contribution < 1.29 is 0 Å². The van der Waals surface area contributed by atoms with Crippen LogP contribution >= 0.6 is 11.6 Å². The molecule has 15 heavy (non-hydrogen) atoms. The highest BCUT2D eigenvalue weighted by atomic mass is 35.5. The molecule has 0 spiro atoms. The minimum absolute atomic E-state index is 0.262. The molecular formula is C10H13ClN4. The second kappa shape index (κ2) is 5.36.